The van der Waals surface area contributed by atoms with Gasteiger partial charge in [0.1, 0.15) is 5.03 Å². The summed E-state index contributed by atoms with van der Waals surface area (Å²) < 4.78 is 0. The Kier molecular flexibility index (Phi) is 3.69. The molecular formula is C15H12N4S. The molecule has 0 saturated carbocycles. The van der Waals surface area contributed by atoms with Gasteiger partial charge in [-0.3, -0.25) is 9.97 Å². The van der Waals surface area contributed by atoms with Gasteiger partial charge in [0.05, 0.1) is 11.4 Å². The lowest BCUT2D eigenvalue weighted by molar-refractivity contribution is 1.06. The van der Waals surface area contributed by atoms with Crippen LogP contribution in [0.1, 0.15) is 0 Å². The van der Waals surface area contributed by atoms with Crippen LogP contribution in [0.3, 0.4) is 0 Å². The van der Waals surface area contributed by atoms with Gasteiger partial charge in [-0.1, -0.05) is 6.07 Å². The first-order valence-electron chi connectivity index (χ1n) is 6.12. The summed E-state index contributed by atoms with van der Waals surface area (Å²) in [7, 11) is 0. The molecule has 0 aromatic carbocycles. The molecule has 0 amide bonds. The molecule has 3 aromatic rings. The number of hydrogen-bond donors (Lipinski definition) is 0. The third kappa shape index (κ3) is 2.67. The maximum Gasteiger partial charge on any atom is 0.161 e. The number of aromatic nitrogens is 4. The van der Waals surface area contributed by atoms with E-state index in [4.69, 9.17) is 0 Å². The van der Waals surface area contributed by atoms with Crippen molar-refractivity contribution >= 4 is 11.8 Å². The highest BCUT2D eigenvalue weighted by atomic mass is 32.2. The highest BCUT2D eigenvalue weighted by Gasteiger charge is 2.08. The molecule has 4 nitrogen and oxygen atoms in total. The molecule has 0 aliphatic rings. The van der Waals surface area contributed by atoms with Crippen LogP contribution >= 0.6 is 11.8 Å². The van der Waals surface area contributed by atoms with Crippen LogP contribution in [-0.2, 0) is 0 Å². The normalized spacial score (nSPS) is 10.4. The van der Waals surface area contributed by atoms with Crippen LogP contribution in [0.4, 0.5) is 0 Å². The molecule has 0 fully saturated rings. The first-order chi connectivity index (χ1) is 9.86. The third-order valence-corrected chi connectivity index (χ3v) is 3.41. The molecule has 0 aliphatic heterocycles. The highest BCUT2D eigenvalue weighted by molar-refractivity contribution is 7.98. The van der Waals surface area contributed by atoms with E-state index in [0.717, 1.165) is 22.0 Å². The van der Waals surface area contributed by atoms with Crippen molar-refractivity contribution in [1.82, 2.24) is 19.9 Å². The molecule has 3 heterocycles. The summed E-state index contributed by atoms with van der Waals surface area (Å²) >= 11 is 1.59. The molecule has 3 rings (SSSR count). The second-order valence-corrected chi connectivity index (χ2v) is 4.90. The van der Waals surface area contributed by atoms with E-state index < -0.39 is 0 Å². The molecule has 98 valence electrons. The van der Waals surface area contributed by atoms with E-state index >= 15 is 0 Å². The summed E-state index contributed by atoms with van der Waals surface area (Å²) in [5.74, 6) is 0.694. The van der Waals surface area contributed by atoms with Crippen LogP contribution in [0.15, 0.2) is 60.0 Å². The van der Waals surface area contributed by atoms with Crippen molar-refractivity contribution in [3.8, 4) is 22.8 Å². The van der Waals surface area contributed by atoms with Crippen molar-refractivity contribution in [2.24, 2.45) is 0 Å². The molecule has 0 saturated heterocycles. The zero-order valence-corrected chi connectivity index (χ0v) is 11.7. The fourth-order valence-electron chi connectivity index (χ4n) is 1.81. The van der Waals surface area contributed by atoms with Gasteiger partial charge in [-0.2, -0.15) is 0 Å². The van der Waals surface area contributed by atoms with Crippen molar-refractivity contribution < 1.29 is 0 Å². The first kappa shape index (κ1) is 12.7. The summed E-state index contributed by atoms with van der Waals surface area (Å²) in [4.78, 5) is 17.5. The molecule has 0 spiro atoms. The average molecular weight is 280 g/mol. The van der Waals surface area contributed by atoms with E-state index in [0.29, 0.717) is 5.82 Å². The van der Waals surface area contributed by atoms with E-state index in [1.54, 1.807) is 30.4 Å². The Morgan fingerprint density at radius 1 is 0.900 bits per heavy atom. The van der Waals surface area contributed by atoms with Gasteiger partial charge in [-0.25, -0.2) is 9.97 Å². The molecule has 0 aliphatic carbocycles. The van der Waals surface area contributed by atoms with E-state index in [2.05, 4.69) is 19.9 Å². The Morgan fingerprint density at radius 3 is 2.45 bits per heavy atom. The largest absolute Gasteiger partial charge is 0.265 e. The summed E-state index contributed by atoms with van der Waals surface area (Å²) in [6.45, 7) is 0. The van der Waals surface area contributed by atoms with Gasteiger partial charge in [0.25, 0.3) is 0 Å². The predicted molar refractivity (Wildman–Crippen MR) is 80.3 cm³/mol. The smallest absolute Gasteiger partial charge is 0.161 e. The lowest BCUT2D eigenvalue weighted by Gasteiger charge is -2.06. The van der Waals surface area contributed by atoms with Gasteiger partial charge in [0.15, 0.2) is 5.82 Å². The second-order valence-electron chi connectivity index (χ2n) is 4.07. The van der Waals surface area contributed by atoms with Gasteiger partial charge in [0.2, 0.25) is 0 Å². The van der Waals surface area contributed by atoms with Crippen LogP contribution in [-0.4, -0.2) is 26.2 Å². The third-order valence-electron chi connectivity index (χ3n) is 2.78. The minimum atomic E-state index is 0.694. The topological polar surface area (TPSA) is 51.6 Å². The quantitative estimate of drug-likeness (QED) is 0.544. The van der Waals surface area contributed by atoms with Gasteiger partial charge >= 0.3 is 0 Å². The van der Waals surface area contributed by atoms with Gasteiger partial charge in [-0.05, 0) is 36.6 Å². The number of pyridine rings is 2. The first-order valence-corrected chi connectivity index (χ1v) is 7.34. The van der Waals surface area contributed by atoms with Gasteiger partial charge in [-0.15, -0.1) is 11.8 Å². The van der Waals surface area contributed by atoms with Crippen molar-refractivity contribution in [3.05, 3.63) is 55.0 Å². The minimum absolute atomic E-state index is 0.694. The SMILES string of the molecule is CSc1cc(-c2ccccn2)nc(-c2ccncc2)n1. The Labute approximate surface area is 121 Å². The molecule has 3 aromatic heterocycles. The van der Waals surface area contributed by atoms with Crippen LogP contribution in [0.5, 0.6) is 0 Å². The molecule has 0 bridgehead atoms. The standard InChI is InChI=1S/C15H12N4S/c1-20-14-10-13(12-4-2-3-7-17-12)18-15(19-14)11-5-8-16-9-6-11/h2-10H,1H3. The second kappa shape index (κ2) is 5.79. The Bertz CT molecular complexity index is 644. The molecule has 0 unspecified atom stereocenters. The molecule has 0 atom stereocenters. The number of rotatable bonds is 3. The minimum Gasteiger partial charge on any atom is -0.265 e. The maximum atomic E-state index is 4.61. The monoisotopic (exact) mass is 280 g/mol. The van der Waals surface area contributed by atoms with Crippen molar-refractivity contribution in [2.45, 2.75) is 5.03 Å². The predicted octanol–water partition coefficient (Wildman–Crippen LogP) is 3.32. The van der Waals surface area contributed by atoms with Crippen LogP contribution < -0.4 is 0 Å². The Morgan fingerprint density at radius 2 is 1.75 bits per heavy atom. The molecule has 0 N–H and O–H groups in total. The van der Waals surface area contributed by atoms with E-state index in [-0.39, 0.29) is 0 Å². The number of nitrogens with zero attached hydrogens (tertiary/aromatic N) is 4. The van der Waals surface area contributed by atoms with E-state index in [1.807, 2.05) is 42.7 Å². The summed E-state index contributed by atoms with van der Waals surface area (Å²) in [6.07, 6.45) is 7.25. The maximum absolute atomic E-state index is 4.61. The lowest BCUT2D eigenvalue weighted by atomic mass is 10.2. The van der Waals surface area contributed by atoms with Crippen molar-refractivity contribution in [1.29, 1.82) is 0 Å². The zero-order chi connectivity index (χ0) is 13.8. The molecular weight excluding hydrogens is 268 g/mol. The Hall–Kier alpha value is -2.27. The average Bonchev–Trinajstić information content (AvgIpc) is 2.56. The van der Waals surface area contributed by atoms with Gasteiger partial charge in [0, 0.05) is 24.2 Å². The summed E-state index contributed by atoms with van der Waals surface area (Å²) in [5.41, 5.74) is 2.63. The summed E-state index contributed by atoms with van der Waals surface area (Å²) in [6, 6.07) is 11.6. The fourth-order valence-corrected chi connectivity index (χ4v) is 2.21. The fraction of sp³-hybridized carbons (Fsp3) is 0.0667. The van der Waals surface area contributed by atoms with E-state index in [9.17, 15) is 0 Å². The number of thioether (sulfide) groups is 1. The van der Waals surface area contributed by atoms with Crippen LogP contribution in [0.25, 0.3) is 22.8 Å². The zero-order valence-electron chi connectivity index (χ0n) is 10.9. The summed E-state index contributed by atoms with van der Waals surface area (Å²) in [5, 5.41) is 0.924. The van der Waals surface area contributed by atoms with Gasteiger partial charge < -0.3 is 0 Å². The van der Waals surface area contributed by atoms with E-state index in [1.165, 1.54) is 0 Å². The van der Waals surface area contributed by atoms with Crippen LogP contribution in [0.2, 0.25) is 0 Å². The Balaban J connectivity index is 2.13. The molecule has 5 heteroatoms. The molecule has 0 radical (unpaired) electrons. The number of hydrogen-bond acceptors (Lipinski definition) is 5. The highest BCUT2D eigenvalue weighted by Crippen LogP contribution is 2.24. The lowest BCUT2D eigenvalue weighted by Crippen LogP contribution is -1.95. The van der Waals surface area contributed by atoms with Crippen molar-refractivity contribution in [3.63, 3.8) is 0 Å². The van der Waals surface area contributed by atoms with Crippen molar-refractivity contribution in [2.75, 3.05) is 6.26 Å². The molecule has 20 heavy (non-hydrogen) atoms. The van der Waals surface area contributed by atoms with Crippen LogP contribution in [0, 0.1) is 0 Å².